The predicted octanol–water partition coefficient (Wildman–Crippen LogP) is 2.19. The molecule has 0 bridgehead atoms. The highest BCUT2D eigenvalue weighted by Gasteiger charge is 2.18. The van der Waals surface area contributed by atoms with Crippen molar-refractivity contribution in [3.05, 3.63) is 46.2 Å². The van der Waals surface area contributed by atoms with E-state index in [2.05, 4.69) is 11.6 Å². The Morgan fingerprint density at radius 2 is 2.16 bits per heavy atom. The van der Waals surface area contributed by atoms with Gasteiger partial charge >= 0.3 is 0 Å². The fraction of sp³-hybridized carbons (Fsp3) is 0.353. The van der Waals surface area contributed by atoms with Crippen LogP contribution in [0.3, 0.4) is 0 Å². The Morgan fingerprint density at radius 1 is 1.40 bits per heavy atom. The molecule has 3 rings (SSSR count). The fourth-order valence-electron chi connectivity index (χ4n) is 2.60. The monoisotopic (exact) mass is 379 g/mol. The van der Waals surface area contributed by atoms with E-state index in [1.165, 1.54) is 16.3 Å². The van der Waals surface area contributed by atoms with E-state index in [4.69, 9.17) is 16.3 Å². The largest absolute Gasteiger partial charge is 0.378 e. The summed E-state index contributed by atoms with van der Waals surface area (Å²) in [6, 6.07) is 5.02. The Balaban J connectivity index is 1.87. The van der Waals surface area contributed by atoms with Gasteiger partial charge in [-0.15, -0.1) is 6.58 Å². The Bertz CT molecular complexity index is 862. The SMILES string of the molecule is C=CCn1c(SCC(=O)N2CCOCC2)nc2ccc(Cl)cc2c1=O. The summed E-state index contributed by atoms with van der Waals surface area (Å²) in [4.78, 5) is 31.4. The minimum atomic E-state index is -0.186. The van der Waals surface area contributed by atoms with Crippen LogP contribution in [0.25, 0.3) is 10.9 Å². The number of thioether (sulfide) groups is 1. The Kier molecular flexibility index (Phi) is 5.78. The molecule has 6 nitrogen and oxygen atoms in total. The molecule has 1 fully saturated rings. The maximum Gasteiger partial charge on any atom is 0.262 e. The molecule has 8 heteroatoms. The predicted molar refractivity (Wildman–Crippen MR) is 99.3 cm³/mol. The zero-order valence-electron chi connectivity index (χ0n) is 13.6. The lowest BCUT2D eigenvalue weighted by Crippen LogP contribution is -2.41. The quantitative estimate of drug-likeness (QED) is 0.452. The first kappa shape index (κ1) is 18.0. The number of carbonyl (C=O) groups excluding carboxylic acids is 1. The number of aromatic nitrogens is 2. The van der Waals surface area contributed by atoms with Crippen molar-refractivity contribution >= 4 is 40.2 Å². The molecule has 0 saturated carbocycles. The second-order valence-corrected chi connectivity index (χ2v) is 6.92. The van der Waals surface area contributed by atoms with Crippen molar-refractivity contribution in [2.24, 2.45) is 0 Å². The highest BCUT2D eigenvalue weighted by atomic mass is 35.5. The van der Waals surface area contributed by atoms with Crippen molar-refractivity contribution in [3.63, 3.8) is 0 Å². The number of benzene rings is 1. The van der Waals surface area contributed by atoms with Gasteiger partial charge in [-0.2, -0.15) is 0 Å². The van der Waals surface area contributed by atoms with Gasteiger partial charge in [-0.1, -0.05) is 29.4 Å². The molecule has 0 unspecified atom stereocenters. The van der Waals surface area contributed by atoms with Crippen molar-refractivity contribution in [2.75, 3.05) is 32.1 Å². The molecular weight excluding hydrogens is 362 g/mol. The molecule has 2 heterocycles. The van der Waals surface area contributed by atoms with Gasteiger partial charge in [0.2, 0.25) is 5.91 Å². The molecule has 1 aromatic carbocycles. The maximum atomic E-state index is 12.7. The molecule has 1 aromatic heterocycles. The third kappa shape index (κ3) is 4.05. The Hall–Kier alpha value is -1.83. The number of nitrogens with zero attached hydrogens (tertiary/aromatic N) is 3. The van der Waals surface area contributed by atoms with E-state index < -0.39 is 0 Å². The molecule has 1 aliphatic heterocycles. The molecule has 0 spiro atoms. The van der Waals surface area contributed by atoms with E-state index >= 15 is 0 Å². The lowest BCUT2D eigenvalue weighted by Gasteiger charge is -2.26. The molecular formula is C17H18ClN3O3S. The number of ether oxygens (including phenoxy) is 1. The molecule has 0 radical (unpaired) electrons. The lowest BCUT2D eigenvalue weighted by molar-refractivity contribution is -0.132. The minimum Gasteiger partial charge on any atom is -0.378 e. The van der Waals surface area contributed by atoms with Crippen molar-refractivity contribution in [1.82, 2.24) is 14.5 Å². The average Bonchev–Trinajstić information content (AvgIpc) is 2.63. The lowest BCUT2D eigenvalue weighted by atomic mass is 10.2. The molecule has 132 valence electrons. The number of carbonyl (C=O) groups is 1. The molecule has 1 saturated heterocycles. The molecule has 2 aromatic rings. The van der Waals surface area contributed by atoms with Crippen molar-refractivity contribution in [1.29, 1.82) is 0 Å². The number of allylic oxidation sites excluding steroid dienone is 1. The van der Waals surface area contributed by atoms with Gasteiger partial charge in [-0.05, 0) is 18.2 Å². The number of hydrogen-bond acceptors (Lipinski definition) is 5. The van der Waals surface area contributed by atoms with Crippen molar-refractivity contribution in [2.45, 2.75) is 11.7 Å². The topological polar surface area (TPSA) is 64.4 Å². The number of halogens is 1. The van der Waals surface area contributed by atoms with Crippen LogP contribution in [0.1, 0.15) is 0 Å². The standard InChI is InChI=1S/C17H18ClN3O3S/c1-2-5-21-16(23)13-10-12(18)3-4-14(13)19-17(21)25-11-15(22)20-6-8-24-9-7-20/h2-4,10H,1,5-9,11H2. The number of hydrogen-bond donors (Lipinski definition) is 0. The Morgan fingerprint density at radius 3 is 2.88 bits per heavy atom. The van der Waals surface area contributed by atoms with Crippen LogP contribution < -0.4 is 5.56 Å². The van der Waals surface area contributed by atoms with Gasteiger partial charge in [0.25, 0.3) is 5.56 Å². The second-order valence-electron chi connectivity index (χ2n) is 5.54. The maximum absolute atomic E-state index is 12.7. The van der Waals surface area contributed by atoms with Crippen LogP contribution in [0.2, 0.25) is 5.02 Å². The van der Waals surface area contributed by atoms with E-state index in [0.29, 0.717) is 53.9 Å². The van der Waals surface area contributed by atoms with E-state index in [1.807, 2.05) is 0 Å². The molecule has 25 heavy (non-hydrogen) atoms. The smallest absolute Gasteiger partial charge is 0.262 e. The molecule has 1 aliphatic rings. The number of rotatable bonds is 5. The summed E-state index contributed by atoms with van der Waals surface area (Å²) >= 11 is 7.25. The van der Waals surface area contributed by atoms with Crippen LogP contribution in [-0.2, 0) is 16.1 Å². The summed E-state index contributed by atoms with van der Waals surface area (Å²) in [5.74, 6) is 0.242. The highest BCUT2D eigenvalue weighted by Crippen LogP contribution is 2.21. The number of fused-ring (bicyclic) bond motifs is 1. The first-order valence-corrected chi connectivity index (χ1v) is 9.26. The average molecular weight is 380 g/mol. The van der Waals surface area contributed by atoms with Gasteiger partial charge in [-0.3, -0.25) is 14.2 Å². The Labute approximate surface area is 154 Å². The van der Waals surface area contributed by atoms with Gasteiger partial charge in [-0.25, -0.2) is 4.98 Å². The summed E-state index contributed by atoms with van der Waals surface area (Å²) in [6.07, 6.45) is 1.63. The third-order valence-corrected chi connectivity index (χ3v) is 5.08. The summed E-state index contributed by atoms with van der Waals surface area (Å²) in [6.45, 7) is 6.34. The van der Waals surface area contributed by atoms with E-state index in [0.717, 1.165) is 0 Å². The van der Waals surface area contributed by atoms with E-state index in [1.54, 1.807) is 29.2 Å². The van der Waals surface area contributed by atoms with E-state index in [9.17, 15) is 9.59 Å². The summed E-state index contributed by atoms with van der Waals surface area (Å²) < 4.78 is 6.77. The van der Waals surface area contributed by atoms with Crippen LogP contribution in [0.15, 0.2) is 40.8 Å². The van der Waals surface area contributed by atoms with Gasteiger partial charge in [0, 0.05) is 24.7 Å². The molecule has 0 atom stereocenters. The van der Waals surface area contributed by atoms with Gasteiger partial charge in [0.15, 0.2) is 5.16 Å². The van der Waals surface area contributed by atoms with Crippen LogP contribution >= 0.6 is 23.4 Å². The normalized spacial score (nSPS) is 14.7. The fourth-order valence-corrected chi connectivity index (χ4v) is 3.69. The summed E-state index contributed by atoms with van der Waals surface area (Å²) in [7, 11) is 0. The van der Waals surface area contributed by atoms with Crippen LogP contribution in [-0.4, -0.2) is 52.4 Å². The molecule has 0 aliphatic carbocycles. The van der Waals surface area contributed by atoms with Gasteiger partial charge in [0.05, 0.1) is 29.9 Å². The second kappa shape index (κ2) is 8.03. The third-order valence-electron chi connectivity index (χ3n) is 3.88. The first-order valence-electron chi connectivity index (χ1n) is 7.89. The van der Waals surface area contributed by atoms with E-state index in [-0.39, 0.29) is 17.2 Å². The van der Waals surface area contributed by atoms with Gasteiger partial charge < -0.3 is 9.64 Å². The molecule has 1 amide bonds. The first-order chi connectivity index (χ1) is 12.1. The summed E-state index contributed by atoms with van der Waals surface area (Å²) in [5, 5.41) is 1.44. The van der Waals surface area contributed by atoms with Gasteiger partial charge in [0.1, 0.15) is 0 Å². The molecule has 0 N–H and O–H groups in total. The highest BCUT2D eigenvalue weighted by molar-refractivity contribution is 7.99. The minimum absolute atomic E-state index is 0.0175. The number of morpholine rings is 1. The summed E-state index contributed by atoms with van der Waals surface area (Å²) in [5.41, 5.74) is 0.379. The zero-order chi connectivity index (χ0) is 17.8. The number of amides is 1. The van der Waals surface area contributed by atoms with Crippen LogP contribution in [0.5, 0.6) is 0 Å². The van der Waals surface area contributed by atoms with Crippen LogP contribution in [0, 0.1) is 0 Å². The zero-order valence-corrected chi connectivity index (χ0v) is 15.2. The van der Waals surface area contributed by atoms with Crippen molar-refractivity contribution < 1.29 is 9.53 Å². The van der Waals surface area contributed by atoms with Crippen molar-refractivity contribution in [3.8, 4) is 0 Å². The van der Waals surface area contributed by atoms with Crippen LogP contribution in [0.4, 0.5) is 0 Å².